The summed E-state index contributed by atoms with van der Waals surface area (Å²) in [6, 6.07) is 0. The molecule has 0 aromatic carbocycles. The van der Waals surface area contributed by atoms with Gasteiger partial charge in [-0.2, -0.15) is 4.98 Å². The number of aromatic amines is 1. The number of imidazole rings is 1. The fourth-order valence-corrected chi connectivity index (χ4v) is 2.24. The first-order chi connectivity index (χ1) is 9.52. The highest BCUT2D eigenvalue weighted by atomic mass is 16.6. The Labute approximate surface area is 111 Å². The maximum Gasteiger partial charge on any atom is 0.280 e. The van der Waals surface area contributed by atoms with Crippen molar-refractivity contribution in [2.45, 2.75) is 24.5 Å². The zero-order valence-electron chi connectivity index (χ0n) is 10.2. The first-order valence-electron chi connectivity index (χ1n) is 5.87. The maximum atomic E-state index is 11.7. The highest BCUT2D eigenvalue weighted by molar-refractivity contribution is 5.70. The van der Waals surface area contributed by atoms with Gasteiger partial charge in [-0.3, -0.25) is 14.3 Å². The number of rotatable bonds is 2. The monoisotopic (exact) mass is 283 g/mol. The van der Waals surface area contributed by atoms with Gasteiger partial charge in [0, 0.05) is 0 Å². The Morgan fingerprint density at radius 2 is 2.20 bits per heavy atom. The van der Waals surface area contributed by atoms with E-state index in [1.807, 2.05) is 0 Å². The Hall–Kier alpha value is -2.01. The van der Waals surface area contributed by atoms with Crippen molar-refractivity contribution in [1.82, 2.24) is 19.5 Å². The maximum absolute atomic E-state index is 11.7. The molecule has 0 spiro atoms. The van der Waals surface area contributed by atoms with Crippen molar-refractivity contribution in [3.8, 4) is 0 Å². The average Bonchev–Trinajstić information content (AvgIpc) is 2.93. The molecule has 2 unspecified atom stereocenters. The quantitative estimate of drug-likeness (QED) is 0.398. The smallest absolute Gasteiger partial charge is 0.280 e. The van der Waals surface area contributed by atoms with Crippen LogP contribution in [0, 0.1) is 0 Å². The number of nitrogens with one attached hydrogen (secondary N) is 1. The molecule has 4 atom stereocenters. The van der Waals surface area contributed by atoms with Crippen molar-refractivity contribution >= 4 is 17.1 Å². The van der Waals surface area contributed by atoms with Gasteiger partial charge in [-0.15, -0.1) is 0 Å². The molecule has 1 aliphatic heterocycles. The number of anilines is 1. The number of aliphatic hydroxyl groups excluding tert-OH is 3. The Kier molecular flexibility index (Phi) is 2.94. The zero-order valence-corrected chi connectivity index (χ0v) is 10.2. The minimum absolute atomic E-state index is 0.0388. The van der Waals surface area contributed by atoms with E-state index in [1.54, 1.807) is 0 Å². The first kappa shape index (κ1) is 13.0. The number of H-pyrrole nitrogens is 1. The van der Waals surface area contributed by atoms with Gasteiger partial charge in [-0.05, 0) is 0 Å². The van der Waals surface area contributed by atoms with Crippen LogP contribution in [0.1, 0.15) is 6.23 Å². The number of fused-ring (bicyclic) bond motifs is 1. The molecule has 0 saturated carbocycles. The molecule has 3 rings (SSSR count). The predicted molar refractivity (Wildman–Crippen MR) is 65.6 cm³/mol. The highest BCUT2D eigenvalue weighted by Gasteiger charge is 2.44. The summed E-state index contributed by atoms with van der Waals surface area (Å²) in [5, 5.41) is 28.7. The van der Waals surface area contributed by atoms with Crippen molar-refractivity contribution in [2.75, 3.05) is 12.3 Å². The molecule has 10 nitrogen and oxygen atoms in total. The van der Waals surface area contributed by atoms with Gasteiger partial charge in [-0.1, -0.05) is 0 Å². The van der Waals surface area contributed by atoms with Crippen LogP contribution < -0.4 is 11.3 Å². The second-order valence-electron chi connectivity index (χ2n) is 4.50. The number of ether oxygens (including phenoxy) is 1. The molecular weight excluding hydrogens is 270 g/mol. The van der Waals surface area contributed by atoms with Gasteiger partial charge in [0.1, 0.15) is 18.3 Å². The molecule has 108 valence electrons. The van der Waals surface area contributed by atoms with Crippen LogP contribution in [0.5, 0.6) is 0 Å². The molecule has 0 radical (unpaired) electrons. The largest absolute Gasteiger partial charge is 0.394 e. The van der Waals surface area contributed by atoms with Gasteiger partial charge >= 0.3 is 0 Å². The SMILES string of the molecule is Nc1nc2c(ncn2C2OC(CO)[C@@H](O)[C@H]2O)c(=O)[nH]1. The van der Waals surface area contributed by atoms with Crippen LogP contribution in [0.15, 0.2) is 11.1 Å². The van der Waals surface area contributed by atoms with E-state index in [1.165, 1.54) is 10.9 Å². The standard InChI is InChI=1S/C10H13N5O5/c11-10-13-7-4(8(19)14-10)12-2-15(7)9-6(18)5(17)3(1-16)20-9/h2-3,5-6,9,16-18H,1H2,(H3,11,13,14,19)/t3?,5-,6-,9?/m1/s1. The number of nitrogens with zero attached hydrogens (tertiary/aromatic N) is 3. The van der Waals surface area contributed by atoms with E-state index in [4.69, 9.17) is 15.6 Å². The zero-order chi connectivity index (χ0) is 14.4. The molecule has 2 aromatic heterocycles. The van der Waals surface area contributed by atoms with Crippen molar-refractivity contribution < 1.29 is 20.1 Å². The predicted octanol–water partition coefficient (Wildman–Crippen LogP) is -2.69. The molecule has 0 bridgehead atoms. The summed E-state index contributed by atoms with van der Waals surface area (Å²) < 4.78 is 6.64. The van der Waals surface area contributed by atoms with Gasteiger partial charge in [0.05, 0.1) is 12.9 Å². The topological polar surface area (TPSA) is 160 Å². The molecule has 1 saturated heterocycles. The van der Waals surface area contributed by atoms with E-state index in [2.05, 4.69) is 15.0 Å². The number of hydrogen-bond acceptors (Lipinski definition) is 8. The van der Waals surface area contributed by atoms with E-state index in [-0.39, 0.29) is 17.1 Å². The summed E-state index contributed by atoms with van der Waals surface area (Å²) in [4.78, 5) is 21.8. The Bertz CT molecular complexity index is 697. The molecule has 0 amide bonds. The van der Waals surface area contributed by atoms with Crippen molar-refractivity contribution in [3.05, 3.63) is 16.7 Å². The molecule has 1 fully saturated rings. The lowest BCUT2D eigenvalue weighted by Crippen LogP contribution is -2.33. The molecule has 3 heterocycles. The summed E-state index contributed by atoms with van der Waals surface area (Å²) >= 11 is 0. The van der Waals surface area contributed by atoms with E-state index in [9.17, 15) is 15.0 Å². The van der Waals surface area contributed by atoms with Crippen LogP contribution in [0.2, 0.25) is 0 Å². The third-order valence-corrected chi connectivity index (χ3v) is 3.24. The van der Waals surface area contributed by atoms with Gasteiger partial charge in [0.2, 0.25) is 5.95 Å². The molecule has 0 aliphatic carbocycles. The molecule has 20 heavy (non-hydrogen) atoms. The highest BCUT2D eigenvalue weighted by Crippen LogP contribution is 2.30. The van der Waals surface area contributed by atoms with Gasteiger partial charge < -0.3 is 25.8 Å². The summed E-state index contributed by atoms with van der Waals surface area (Å²) in [6.45, 7) is -0.447. The van der Waals surface area contributed by atoms with E-state index < -0.39 is 36.7 Å². The van der Waals surface area contributed by atoms with Gasteiger partial charge in [-0.25, -0.2) is 4.98 Å². The Morgan fingerprint density at radius 3 is 2.85 bits per heavy atom. The van der Waals surface area contributed by atoms with Gasteiger partial charge in [0.15, 0.2) is 17.4 Å². The summed E-state index contributed by atoms with van der Waals surface area (Å²) in [6.07, 6.45) is -3.21. The minimum Gasteiger partial charge on any atom is -0.394 e. The molecule has 6 N–H and O–H groups in total. The number of nitrogen functional groups attached to an aromatic ring is 1. The third-order valence-electron chi connectivity index (χ3n) is 3.24. The van der Waals surface area contributed by atoms with Crippen LogP contribution in [0.4, 0.5) is 5.95 Å². The lowest BCUT2D eigenvalue weighted by atomic mass is 10.1. The summed E-state index contributed by atoms with van der Waals surface area (Å²) in [5.74, 6) is -0.101. The van der Waals surface area contributed by atoms with E-state index in [0.29, 0.717) is 0 Å². The van der Waals surface area contributed by atoms with Gasteiger partial charge in [0.25, 0.3) is 5.56 Å². The normalized spacial score (nSPS) is 30.1. The molecule has 2 aromatic rings. The van der Waals surface area contributed by atoms with E-state index in [0.717, 1.165) is 0 Å². The van der Waals surface area contributed by atoms with Crippen LogP contribution in [0.3, 0.4) is 0 Å². The third kappa shape index (κ3) is 1.78. The van der Waals surface area contributed by atoms with Crippen molar-refractivity contribution in [2.24, 2.45) is 0 Å². The van der Waals surface area contributed by atoms with Crippen LogP contribution in [-0.2, 0) is 4.74 Å². The number of aromatic nitrogens is 4. The van der Waals surface area contributed by atoms with Crippen molar-refractivity contribution in [1.29, 1.82) is 0 Å². The Balaban J connectivity index is 2.09. The second-order valence-corrected chi connectivity index (χ2v) is 4.50. The fourth-order valence-electron chi connectivity index (χ4n) is 2.24. The molecule has 10 heteroatoms. The summed E-state index contributed by atoms with van der Waals surface area (Å²) in [5.41, 5.74) is 5.12. The lowest BCUT2D eigenvalue weighted by molar-refractivity contribution is -0.0511. The number of hydrogen-bond donors (Lipinski definition) is 5. The Morgan fingerprint density at radius 1 is 1.45 bits per heavy atom. The lowest BCUT2D eigenvalue weighted by Gasteiger charge is -2.16. The fraction of sp³-hybridized carbons (Fsp3) is 0.500. The molecule has 1 aliphatic rings. The van der Waals surface area contributed by atoms with E-state index >= 15 is 0 Å². The van der Waals surface area contributed by atoms with Crippen LogP contribution in [-0.4, -0.2) is 59.8 Å². The molecular formula is C10H13N5O5. The van der Waals surface area contributed by atoms with Crippen LogP contribution in [0.25, 0.3) is 11.2 Å². The average molecular weight is 283 g/mol. The number of nitrogens with two attached hydrogens (primary N) is 1. The number of aliphatic hydroxyl groups is 3. The summed E-state index contributed by atoms with van der Waals surface area (Å²) in [7, 11) is 0. The minimum atomic E-state index is -1.29. The second kappa shape index (κ2) is 4.52. The van der Waals surface area contributed by atoms with Crippen molar-refractivity contribution in [3.63, 3.8) is 0 Å². The first-order valence-corrected chi connectivity index (χ1v) is 5.87. The van der Waals surface area contributed by atoms with Crippen LogP contribution >= 0.6 is 0 Å².